The summed E-state index contributed by atoms with van der Waals surface area (Å²) in [4.78, 5) is 27.0. The van der Waals surface area contributed by atoms with Crippen molar-refractivity contribution >= 4 is 28.9 Å². The van der Waals surface area contributed by atoms with Crippen molar-refractivity contribution in [2.45, 2.75) is 25.7 Å². The summed E-state index contributed by atoms with van der Waals surface area (Å²) in [6.45, 7) is 2.10. The number of benzene rings is 2. The highest BCUT2D eigenvalue weighted by molar-refractivity contribution is 6.03. The van der Waals surface area contributed by atoms with Crippen LogP contribution in [0.25, 0.3) is 0 Å². The zero-order valence-corrected chi connectivity index (χ0v) is 16.0. The third kappa shape index (κ3) is 4.39. The van der Waals surface area contributed by atoms with E-state index in [4.69, 9.17) is 0 Å². The van der Waals surface area contributed by atoms with E-state index in [1.165, 1.54) is 25.3 Å². The second kappa shape index (κ2) is 8.19. The van der Waals surface area contributed by atoms with Crippen molar-refractivity contribution in [3.05, 3.63) is 54.1 Å². The Morgan fingerprint density at radius 1 is 0.828 bits per heavy atom. The van der Waals surface area contributed by atoms with E-state index in [1.807, 2.05) is 24.3 Å². The predicted octanol–water partition coefficient (Wildman–Crippen LogP) is 4.17. The fourth-order valence-corrected chi connectivity index (χ4v) is 3.75. The molecular weight excluding hydrogens is 376 g/mol. The van der Waals surface area contributed by atoms with Crippen molar-refractivity contribution in [3.8, 4) is 0 Å². The highest BCUT2D eigenvalue weighted by Crippen LogP contribution is 2.40. The second-order valence-corrected chi connectivity index (χ2v) is 7.62. The average molecular weight is 399 g/mol. The maximum absolute atomic E-state index is 13.7. The number of halogens is 2. The van der Waals surface area contributed by atoms with E-state index in [9.17, 15) is 18.4 Å². The fraction of sp³-hybridized carbons (Fsp3) is 0.364. The van der Waals surface area contributed by atoms with Gasteiger partial charge in [0.25, 0.3) is 0 Å². The lowest BCUT2D eigenvalue weighted by molar-refractivity contribution is -0.122. The number of amides is 2. The molecule has 2 aromatic carbocycles. The van der Waals surface area contributed by atoms with Crippen LogP contribution in [0.15, 0.2) is 42.5 Å². The Morgan fingerprint density at radius 2 is 1.41 bits per heavy atom. The summed E-state index contributed by atoms with van der Waals surface area (Å²) in [5.41, 5.74) is 1.33. The van der Waals surface area contributed by atoms with Crippen LogP contribution >= 0.6 is 0 Å². The van der Waals surface area contributed by atoms with Crippen LogP contribution in [-0.2, 0) is 9.59 Å². The van der Waals surface area contributed by atoms with E-state index in [0.29, 0.717) is 12.1 Å². The van der Waals surface area contributed by atoms with Crippen LogP contribution in [0.2, 0.25) is 0 Å². The number of piperidine rings is 1. The monoisotopic (exact) mass is 399 g/mol. The van der Waals surface area contributed by atoms with E-state index < -0.39 is 35.1 Å². The smallest absolute Gasteiger partial charge is 0.228 e. The molecule has 1 aliphatic carbocycles. The number of carbonyl (C=O) groups excluding carboxylic acids is 2. The first-order valence-corrected chi connectivity index (χ1v) is 9.93. The molecule has 1 saturated heterocycles. The molecule has 1 aliphatic heterocycles. The van der Waals surface area contributed by atoms with Gasteiger partial charge in [0, 0.05) is 24.5 Å². The van der Waals surface area contributed by atoms with Crippen LogP contribution in [0, 0.1) is 23.5 Å². The van der Waals surface area contributed by atoms with E-state index in [-0.39, 0.29) is 5.91 Å². The largest absolute Gasteiger partial charge is 0.372 e. The van der Waals surface area contributed by atoms with Crippen molar-refractivity contribution in [2.24, 2.45) is 11.8 Å². The Labute approximate surface area is 168 Å². The standard InChI is InChI=1S/C22H23F2N3O2/c23-18-5-4-6-19(24)20(18)26-22(29)17-13-16(17)21(28)25-14-7-9-15(10-8-14)27-11-2-1-3-12-27/h4-10,16-17H,1-3,11-13H2,(H,25,28)(H,26,29). The fourth-order valence-electron chi connectivity index (χ4n) is 3.75. The number of anilines is 3. The average Bonchev–Trinajstić information content (AvgIpc) is 3.53. The van der Waals surface area contributed by atoms with Gasteiger partial charge in [-0.2, -0.15) is 0 Å². The van der Waals surface area contributed by atoms with Gasteiger partial charge in [-0.25, -0.2) is 8.78 Å². The molecule has 2 amide bonds. The van der Waals surface area contributed by atoms with Gasteiger partial charge in [-0.15, -0.1) is 0 Å². The van der Waals surface area contributed by atoms with Crippen LogP contribution in [0.5, 0.6) is 0 Å². The Kier molecular flexibility index (Phi) is 5.47. The van der Waals surface area contributed by atoms with Crippen LogP contribution in [-0.4, -0.2) is 24.9 Å². The predicted molar refractivity (Wildman–Crippen MR) is 108 cm³/mol. The Hall–Kier alpha value is -2.96. The van der Waals surface area contributed by atoms with Crippen LogP contribution < -0.4 is 15.5 Å². The van der Waals surface area contributed by atoms with Crippen LogP contribution in [0.4, 0.5) is 25.8 Å². The van der Waals surface area contributed by atoms with Crippen molar-refractivity contribution in [1.29, 1.82) is 0 Å². The highest BCUT2D eigenvalue weighted by atomic mass is 19.1. The molecule has 152 valence electrons. The number of carbonyl (C=O) groups is 2. The van der Waals surface area contributed by atoms with Gasteiger partial charge in [-0.1, -0.05) is 6.07 Å². The third-order valence-corrected chi connectivity index (χ3v) is 5.53. The molecule has 5 nitrogen and oxygen atoms in total. The summed E-state index contributed by atoms with van der Waals surface area (Å²) >= 11 is 0. The van der Waals surface area contributed by atoms with Gasteiger partial charge in [-0.05, 0) is 62.1 Å². The lowest BCUT2D eigenvalue weighted by Gasteiger charge is -2.28. The number of nitrogens with zero attached hydrogens (tertiary/aromatic N) is 1. The van der Waals surface area contributed by atoms with Gasteiger partial charge in [-0.3, -0.25) is 9.59 Å². The maximum atomic E-state index is 13.7. The van der Waals surface area contributed by atoms with E-state index in [0.717, 1.165) is 30.9 Å². The molecule has 0 aromatic heterocycles. The zero-order chi connectivity index (χ0) is 20.4. The Bertz CT molecular complexity index is 891. The molecule has 1 saturated carbocycles. The molecule has 1 heterocycles. The second-order valence-electron chi connectivity index (χ2n) is 7.62. The van der Waals surface area contributed by atoms with Crippen molar-refractivity contribution in [3.63, 3.8) is 0 Å². The van der Waals surface area contributed by atoms with Gasteiger partial charge in [0.15, 0.2) is 0 Å². The summed E-state index contributed by atoms with van der Waals surface area (Å²) in [6, 6.07) is 11.1. The van der Waals surface area contributed by atoms with Crippen molar-refractivity contribution in [2.75, 3.05) is 28.6 Å². The minimum absolute atomic E-state index is 0.259. The molecular formula is C22H23F2N3O2. The summed E-state index contributed by atoms with van der Waals surface area (Å²) < 4.78 is 27.3. The third-order valence-electron chi connectivity index (χ3n) is 5.53. The SMILES string of the molecule is O=C(Nc1ccc(N2CCCCC2)cc1)C1CC1C(=O)Nc1c(F)cccc1F. The Morgan fingerprint density at radius 3 is 2.03 bits per heavy atom. The summed E-state index contributed by atoms with van der Waals surface area (Å²) in [5, 5.41) is 5.08. The van der Waals surface area contributed by atoms with E-state index in [1.54, 1.807) is 0 Å². The zero-order valence-electron chi connectivity index (χ0n) is 16.0. The molecule has 2 unspecified atom stereocenters. The molecule has 2 N–H and O–H groups in total. The first kappa shape index (κ1) is 19.4. The van der Waals surface area contributed by atoms with Gasteiger partial charge in [0.1, 0.15) is 17.3 Å². The molecule has 2 fully saturated rings. The van der Waals surface area contributed by atoms with Gasteiger partial charge in [0.2, 0.25) is 11.8 Å². The van der Waals surface area contributed by atoms with E-state index in [2.05, 4.69) is 15.5 Å². The quantitative estimate of drug-likeness (QED) is 0.793. The maximum Gasteiger partial charge on any atom is 0.228 e. The molecule has 2 aromatic rings. The lowest BCUT2D eigenvalue weighted by Crippen LogP contribution is -2.29. The van der Waals surface area contributed by atoms with Crippen LogP contribution in [0.3, 0.4) is 0 Å². The van der Waals surface area contributed by atoms with Gasteiger partial charge < -0.3 is 15.5 Å². The normalized spacial score (nSPS) is 20.8. The summed E-state index contributed by atoms with van der Waals surface area (Å²) in [5.74, 6) is -3.56. The summed E-state index contributed by atoms with van der Waals surface area (Å²) in [7, 11) is 0. The first-order chi connectivity index (χ1) is 14.0. The number of hydrogen-bond acceptors (Lipinski definition) is 3. The molecule has 0 spiro atoms. The number of rotatable bonds is 5. The number of para-hydroxylation sites is 1. The van der Waals surface area contributed by atoms with Crippen molar-refractivity contribution < 1.29 is 18.4 Å². The Balaban J connectivity index is 1.31. The molecule has 0 radical (unpaired) electrons. The lowest BCUT2D eigenvalue weighted by atomic mass is 10.1. The number of nitrogens with one attached hydrogen (secondary N) is 2. The molecule has 0 bridgehead atoms. The topological polar surface area (TPSA) is 61.4 Å². The number of hydrogen-bond donors (Lipinski definition) is 2. The minimum atomic E-state index is -0.839. The molecule has 7 heteroatoms. The molecule has 2 aliphatic rings. The molecule has 4 rings (SSSR count). The van der Waals surface area contributed by atoms with E-state index >= 15 is 0 Å². The highest BCUT2D eigenvalue weighted by Gasteiger charge is 2.48. The van der Waals surface area contributed by atoms with Crippen molar-refractivity contribution in [1.82, 2.24) is 0 Å². The molecule has 2 atom stereocenters. The summed E-state index contributed by atoms with van der Waals surface area (Å²) in [6.07, 6.45) is 4.02. The minimum Gasteiger partial charge on any atom is -0.372 e. The van der Waals surface area contributed by atoms with Gasteiger partial charge in [0.05, 0.1) is 11.8 Å². The molecule has 29 heavy (non-hydrogen) atoms. The first-order valence-electron chi connectivity index (χ1n) is 9.93. The van der Waals surface area contributed by atoms with Gasteiger partial charge >= 0.3 is 0 Å². The van der Waals surface area contributed by atoms with Crippen LogP contribution in [0.1, 0.15) is 25.7 Å².